The van der Waals surface area contributed by atoms with Crippen molar-refractivity contribution in [1.29, 1.82) is 0 Å². The zero-order valence-electron chi connectivity index (χ0n) is 11.0. The Morgan fingerprint density at radius 3 is 2.71 bits per heavy atom. The highest BCUT2D eigenvalue weighted by Crippen LogP contribution is 2.40. The molecule has 3 nitrogen and oxygen atoms in total. The van der Waals surface area contributed by atoms with Crippen LogP contribution in [0.5, 0.6) is 0 Å². The van der Waals surface area contributed by atoms with Crippen LogP contribution in [0.2, 0.25) is 0 Å². The molecular formula is C14H13F4N3. The normalized spacial score (nSPS) is 18.6. The van der Waals surface area contributed by atoms with Crippen LogP contribution in [0.3, 0.4) is 0 Å². The molecule has 1 aliphatic rings. The summed E-state index contributed by atoms with van der Waals surface area (Å²) in [5, 5.41) is 3.67. The summed E-state index contributed by atoms with van der Waals surface area (Å²) in [7, 11) is 0. The number of halogens is 4. The fourth-order valence-electron chi connectivity index (χ4n) is 2.76. The van der Waals surface area contributed by atoms with Crippen molar-refractivity contribution < 1.29 is 17.6 Å². The van der Waals surface area contributed by atoms with Gasteiger partial charge in [0.25, 0.3) is 0 Å². The van der Waals surface area contributed by atoms with E-state index in [9.17, 15) is 17.6 Å². The second-order valence-electron chi connectivity index (χ2n) is 5.10. The SMILES string of the molecule is NC1CCCc2c1c(C(F)(F)F)nn2-c1cccc(F)c1. The third-order valence-corrected chi connectivity index (χ3v) is 3.64. The molecule has 0 aliphatic heterocycles. The highest BCUT2D eigenvalue weighted by molar-refractivity contribution is 5.41. The Morgan fingerprint density at radius 2 is 2.05 bits per heavy atom. The molecule has 1 atom stereocenters. The average molecular weight is 299 g/mol. The molecule has 1 aromatic carbocycles. The maximum absolute atomic E-state index is 13.3. The lowest BCUT2D eigenvalue weighted by molar-refractivity contribution is -0.142. The summed E-state index contributed by atoms with van der Waals surface area (Å²) in [5.41, 5.74) is 5.61. The molecule has 0 bridgehead atoms. The number of nitrogens with zero attached hydrogens (tertiary/aromatic N) is 2. The topological polar surface area (TPSA) is 43.8 Å². The van der Waals surface area contributed by atoms with Gasteiger partial charge in [-0.05, 0) is 37.5 Å². The number of rotatable bonds is 1. The van der Waals surface area contributed by atoms with Crippen molar-refractivity contribution in [2.45, 2.75) is 31.5 Å². The maximum atomic E-state index is 13.3. The molecule has 3 rings (SSSR count). The Balaban J connectivity index is 2.23. The second-order valence-corrected chi connectivity index (χ2v) is 5.10. The summed E-state index contributed by atoms with van der Waals surface area (Å²) in [6.45, 7) is 0. The van der Waals surface area contributed by atoms with Gasteiger partial charge in [-0.25, -0.2) is 9.07 Å². The minimum absolute atomic E-state index is 0.0398. The van der Waals surface area contributed by atoms with Crippen LogP contribution in [-0.4, -0.2) is 9.78 Å². The lowest BCUT2D eigenvalue weighted by Crippen LogP contribution is -2.21. The Bertz CT molecular complexity index is 675. The van der Waals surface area contributed by atoms with Gasteiger partial charge < -0.3 is 5.73 Å². The molecule has 112 valence electrons. The Labute approximate surface area is 118 Å². The van der Waals surface area contributed by atoms with Crippen molar-refractivity contribution in [2.24, 2.45) is 5.73 Å². The highest BCUT2D eigenvalue weighted by atomic mass is 19.4. The lowest BCUT2D eigenvalue weighted by atomic mass is 9.91. The average Bonchev–Trinajstić information content (AvgIpc) is 2.79. The standard InChI is InChI=1S/C14H13F4N3/c15-8-3-1-4-9(7-8)21-11-6-2-5-10(19)12(11)13(20-21)14(16,17)18/h1,3-4,7,10H,2,5-6,19H2. The molecule has 1 aromatic heterocycles. The van der Waals surface area contributed by atoms with Crippen LogP contribution < -0.4 is 5.73 Å². The van der Waals surface area contributed by atoms with Gasteiger partial charge >= 0.3 is 6.18 Å². The van der Waals surface area contributed by atoms with Gasteiger partial charge in [0.1, 0.15) is 5.82 Å². The van der Waals surface area contributed by atoms with Gasteiger partial charge in [-0.3, -0.25) is 0 Å². The monoisotopic (exact) mass is 299 g/mol. The van der Waals surface area contributed by atoms with Crippen LogP contribution in [0.25, 0.3) is 5.69 Å². The van der Waals surface area contributed by atoms with E-state index in [0.717, 1.165) is 6.07 Å². The zero-order valence-corrected chi connectivity index (χ0v) is 11.0. The van der Waals surface area contributed by atoms with Crippen molar-refractivity contribution in [2.75, 3.05) is 0 Å². The van der Waals surface area contributed by atoms with Crippen molar-refractivity contribution in [3.63, 3.8) is 0 Å². The van der Waals surface area contributed by atoms with Gasteiger partial charge in [0.05, 0.1) is 5.69 Å². The van der Waals surface area contributed by atoms with E-state index in [0.29, 0.717) is 25.0 Å². The van der Waals surface area contributed by atoms with Crippen molar-refractivity contribution in [3.8, 4) is 5.69 Å². The number of benzene rings is 1. The first-order valence-corrected chi connectivity index (χ1v) is 6.58. The third-order valence-electron chi connectivity index (χ3n) is 3.64. The van der Waals surface area contributed by atoms with Crippen molar-refractivity contribution in [3.05, 3.63) is 47.0 Å². The Morgan fingerprint density at radius 1 is 1.29 bits per heavy atom. The van der Waals surface area contributed by atoms with Gasteiger partial charge in [-0.2, -0.15) is 18.3 Å². The van der Waals surface area contributed by atoms with Crippen LogP contribution in [-0.2, 0) is 12.6 Å². The molecule has 2 N–H and O–H groups in total. The minimum Gasteiger partial charge on any atom is -0.324 e. The number of alkyl halides is 3. The van der Waals surface area contributed by atoms with Crippen LogP contribution in [0.1, 0.15) is 35.8 Å². The zero-order chi connectivity index (χ0) is 15.2. The predicted octanol–water partition coefficient (Wildman–Crippen LogP) is 3.37. The summed E-state index contributed by atoms with van der Waals surface area (Å²) in [6.07, 6.45) is -2.95. The first-order chi connectivity index (χ1) is 9.88. The summed E-state index contributed by atoms with van der Waals surface area (Å²) >= 11 is 0. The molecule has 0 radical (unpaired) electrons. The first-order valence-electron chi connectivity index (χ1n) is 6.58. The molecule has 0 spiro atoms. The van der Waals surface area contributed by atoms with E-state index in [-0.39, 0.29) is 11.3 Å². The first kappa shape index (κ1) is 14.1. The minimum atomic E-state index is -4.57. The Hall–Kier alpha value is -1.89. The fraction of sp³-hybridized carbons (Fsp3) is 0.357. The van der Waals surface area contributed by atoms with E-state index >= 15 is 0 Å². The van der Waals surface area contributed by atoms with Crippen LogP contribution >= 0.6 is 0 Å². The van der Waals surface area contributed by atoms with E-state index in [4.69, 9.17) is 5.73 Å². The molecule has 0 amide bonds. The third kappa shape index (κ3) is 2.42. The summed E-state index contributed by atoms with van der Waals surface area (Å²) in [4.78, 5) is 0. The lowest BCUT2D eigenvalue weighted by Gasteiger charge is -2.20. The van der Waals surface area contributed by atoms with E-state index < -0.39 is 23.7 Å². The highest BCUT2D eigenvalue weighted by Gasteiger charge is 2.41. The molecule has 2 aromatic rings. The number of aromatic nitrogens is 2. The van der Waals surface area contributed by atoms with Gasteiger partial charge in [-0.15, -0.1) is 0 Å². The van der Waals surface area contributed by atoms with E-state index in [1.165, 1.54) is 22.9 Å². The second kappa shape index (κ2) is 4.84. The van der Waals surface area contributed by atoms with Crippen LogP contribution in [0, 0.1) is 5.82 Å². The summed E-state index contributed by atoms with van der Waals surface area (Å²) in [5.74, 6) is -0.523. The largest absolute Gasteiger partial charge is 0.435 e. The molecule has 0 saturated carbocycles. The molecule has 7 heteroatoms. The van der Waals surface area contributed by atoms with Crippen molar-refractivity contribution in [1.82, 2.24) is 9.78 Å². The predicted molar refractivity (Wildman–Crippen MR) is 68.4 cm³/mol. The molecule has 1 heterocycles. The molecular weight excluding hydrogens is 286 g/mol. The molecule has 0 fully saturated rings. The Kier molecular flexibility index (Phi) is 3.24. The van der Waals surface area contributed by atoms with Crippen molar-refractivity contribution >= 4 is 0 Å². The number of hydrogen-bond acceptors (Lipinski definition) is 2. The van der Waals surface area contributed by atoms with E-state index in [2.05, 4.69) is 5.10 Å². The number of hydrogen-bond donors (Lipinski definition) is 1. The smallest absolute Gasteiger partial charge is 0.324 e. The molecule has 21 heavy (non-hydrogen) atoms. The summed E-state index contributed by atoms with van der Waals surface area (Å²) < 4.78 is 53.9. The van der Waals surface area contributed by atoms with E-state index in [1.54, 1.807) is 0 Å². The van der Waals surface area contributed by atoms with Gasteiger partial charge in [0.2, 0.25) is 0 Å². The van der Waals surface area contributed by atoms with Gasteiger partial charge in [-0.1, -0.05) is 6.07 Å². The molecule has 1 aliphatic carbocycles. The molecule has 0 saturated heterocycles. The van der Waals surface area contributed by atoms with Gasteiger partial charge in [0.15, 0.2) is 5.69 Å². The quantitative estimate of drug-likeness (QED) is 0.821. The number of fused-ring (bicyclic) bond motifs is 1. The molecule has 1 unspecified atom stereocenters. The van der Waals surface area contributed by atoms with Gasteiger partial charge in [0, 0.05) is 17.3 Å². The fourth-order valence-corrected chi connectivity index (χ4v) is 2.76. The van der Waals surface area contributed by atoms with Crippen LogP contribution in [0.4, 0.5) is 17.6 Å². The summed E-state index contributed by atoms with van der Waals surface area (Å²) in [6, 6.07) is 4.67. The van der Waals surface area contributed by atoms with Crippen LogP contribution in [0.15, 0.2) is 24.3 Å². The van der Waals surface area contributed by atoms with E-state index in [1.807, 2.05) is 0 Å². The maximum Gasteiger partial charge on any atom is 0.435 e. The number of nitrogens with two attached hydrogens (primary N) is 1.